The van der Waals surface area contributed by atoms with E-state index >= 15 is 0 Å². The van der Waals surface area contributed by atoms with Gasteiger partial charge < -0.3 is 20.1 Å². The molecule has 0 radical (unpaired) electrons. The average molecular weight is 523 g/mol. The molecule has 0 spiro atoms. The van der Waals surface area contributed by atoms with E-state index in [0.717, 1.165) is 87.7 Å². The zero-order chi connectivity index (χ0) is 27.1. The van der Waals surface area contributed by atoms with Crippen LogP contribution in [0.25, 0.3) is 0 Å². The molecule has 2 N–H and O–H groups in total. The molecule has 4 rings (SSSR count). The second-order valence-corrected chi connectivity index (χ2v) is 11.6. The van der Waals surface area contributed by atoms with Crippen molar-refractivity contribution >= 4 is 11.9 Å². The SMILES string of the molecule is C=C(C)C1CCC(C)=C[C@@H]1c1c(OC(=O)CC2CCNC2)cc(CCCCC)cc1OC(=O)C1CCNC1. The van der Waals surface area contributed by atoms with Gasteiger partial charge in [0.2, 0.25) is 0 Å². The van der Waals surface area contributed by atoms with Gasteiger partial charge in [0.25, 0.3) is 0 Å². The summed E-state index contributed by atoms with van der Waals surface area (Å²) in [5.74, 6) is 0.927. The third kappa shape index (κ3) is 7.35. The summed E-state index contributed by atoms with van der Waals surface area (Å²) < 4.78 is 12.4. The van der Waals surface area contributed by atoms with Crippen molar-refractivity contribution in [1.29, 1.82) is 0 Å². The summed E-state index contributed by atoms with van der Waals surface area (Å²) in [6.07, 6.45) is 10.5. The summed E-state index contributed by atoms with van der Waals surface area (Å²) in [6.45, 7) is 14.0. The highest BCUT2D eigenvalue weighted by Crippen LogP contribution is 2.47. The fraction of sp³-hybridized carbons (Fsp3) is 0.625. The number of hydrogen-bond acceptors (Lipinski definition) is 6. The van der Waals surface area contributed by atoms with Crippen molar-refractivity contribution in [2.45, 2.75) is 84.5 Å². The molecule has 2 aliphatic heterocycles. The van der Waals surface area contributed by atoms with Crippen molar-refractivity contribution in [3.63, 3.8) is 0 Å². The van der Waals surface area contributed by atoms with Gasteiger partial charge in [-0.1, -0.05) is 43.6 Å². The maximum absolute atomic E-state index is 13.3. The fourth-order valence-electron chi connectivity index (χ4n) is 6.12. The maximum atomic E-state index is 13.3. The van der Waals surface area contributed by atoms with Gasteiger partial charge in [-0.2, -0.15) is 0 Å². The Morgan fingerprint density at radius 1 is 1.03 bits per heavy atom. The van der Waals surface area contributed by atoms with E-state index in [0.29, 0.717) is 30.4 Å². The van der Waals surface area contributed by atoms with Crippen LogP contribution in [0.15, 0.2) is 35.9 Å². The average Bonchev–Trinajstić information content (AvgIpc) is 3.59. The van der Waals surface area contributed by atoms with Crippen molar-refractivity contribution in [2.75, 3.05) is 26.2 Å². The molecule has 0 aromatic heterocycles. The molecule has 3 aliphatic rings. The molecule has 0 saturated carbocycles. The second-order valence-electron chi connectivity index (χ2n) is 11.6. The second kappa shape index (κ2) is 13.6. The van der Waals surface area contributed by atoms with E-state index in [9.17, 15) is 9.59 Å². The summed E-state index contributed by atoms with van der Waals surface area (Å²) in [5.41, 5.74) is 4.25. The molecule has 1 aliphatic carbocycles. The monoisotopic (exact) mass is 522 g/mol. The number of benzene rings is 1. The Labute approximate surface area is 228 Å². The zero-order valence-corrected chi connectivity index (χ0v) is 23.6. The third-order valence-corrected chi connectivity index (χ3v) is 8.39. The van der Waals surface area contributed by atoms with Crippen LogP contribution in [0.4, 0.5) is 0 Å². The van der Waals surface area contributed by atoms with Gasteiger partial charge in [0, 0.05) is 18.0 Å². The summed E-state index contributed by atoms with van der Waals surface area (Å²) >= 11 is 0. The van der Waals surface area contributed by atoms with Crippen LogP contribution in [0.3, 0.4) is 0 Å². The van der Waals surface area contributed by atoms with Gasteiger partial charge in [-0.25, -0.2) is 0 Å². The third-order valence-electron chi connectivity index (χ3n) is 8.39. The van der Waals surface area contributed by atoms with E-state index in [1.807, 2.05) is 12.1 Å². The van der Waals surface area contributed by atoms with Gasteiger partial charge in [0.05, 0.1) is 12.3 Å². The van der Waals surface area contributed by atoms with Crippen LogP contribution in [0.1, 0.15) is 89.2 Å². The predicted octanol–water partition coefficient (Wildman–Crippen LogP) is 5.86. The van der Waals surface area contributed by atoms with E-state index in [1.54, 1.807) is 0 Å². The molecule has 1 aromatic carbocycles. The number of carbonyl (C=O) groups excluding carboxylic acids is 2. The number of carbonyl (C=O) groups is 2. The first-order valence-corrected chi connectivity index (χ1v) is 14.7. The lowest BCUT2D eigenvalue weighted by Crippen LogP contribution is -2.25. The van der Waals surface area contributed by atoms with Gasteiger partial charge in [-0.15, -0.1) is 0 Å². The van der Waals surface area contributed by atoms with E-state index in [1.165, 1.54) is 5.57 Å². The topological polar surface area (TPSA) is 76.7 Å². The van der Waals surface area contributed by atoms with Crippen molar-refractivity contribution in [3.8, 4) is 11.5 Å². The van der Waals surface area contributed by atoms with Crippen LogP contribution < -0.4 is 20.1 Å². The van der Waals surface area contributed by atoms with Crippen LogP contribution in [-0.4, -0.2) is 38.1 Å². The Bertz CT molecular complexity index is 1030. The molecule has 1 aromatic rings. The van der Waals surface area contributed by atoms with Gasteiger partial charge in [0.1, 0.15) is 11.5 Å². The predicted molar refractivity (Wildman–Crippen MR) is 152 cm³/mol. The molecule has 6 nitrogen and oxygen atoms in total. The molecule has 0 bridgehead atoms. The van der Waals surface area contributed by atoms with Crippen molar-refractivity contribution in [2.24, 2.45) is 17.8 Å². The first-order chi connectivity index (χ1) is 18.4. The minimum atomic E-state index is -0.216. The molecular formula is C32H46N2O4. The minimum absolute atomic E-state index is 0.0635. The fourth-order valence-corrected chi connectivity index (χ4v) is 6.12. The largest absolute Gasteiger partial charge is 0.426 e. The van der Waals surface area contributed by atoms with Crippen LogP contribution in [0.2, 0.25) is 0 Å². The van der Waals surface area contributed by atoms with Gasteiger partial charge in [-0.3, -0.25) is 9.59 Å². The summed E-state index contributed by atoms with van der Waals surface area (Å²) in [6, 6.07) is 4.05. The highest BCUT2D eigenvalue weighted by molar-refractivity contribution is 5.78. The van der Waals surface area contributed by atoms with Crippen molar-refractivity contribution in [1.82, 2.24) is 10.6 Å². The number of aryl methyl sites for hydroxylation is 1. The standard InChI is InChI=1S/C32H46N2O4/c1-5-6-7-8-23-16-28(37-30(35)18-24-11-13-33-19-24)31(27-15-22(4)9-10-26(27)21(2)3)29(17-23)38-32(36)25-12-14-34-20-25/h15-17,24-27,33-34H,2,5-14,18-20H2,1,3-4H3/t24?,25?,26?,27-/m0/s1. The van der Waals surface area contributed by atoms with Crippen LogP contribution in [0, 0.1) is 17.8 Å². The number of rotatable bonds is 11. The Kier molecular flexibility index (Phi) is 10.2. The van der Waals surface area contributed by atoms with Crippen LogP contribution in [0.5, 0.6) is 11.5 Å². The highest BCUT2D eigenvalue weighted by Gasteiger charge is 2.34. The smallest absolute Gasteiger partial charge is 0.315 e. The van der Waals surface area contributed by atoms with Gasteiger partial charge in [0.15, 0.2) is 0 Å². The minimum Gasteiger partial charge on any atom is -0.426 e. The first kappa shape index (κ1) is 28.6. The van der Waals surface area contributed by atoms with E-state index in [-0.39, 0.29) is 29.7 Å². The summed E-state index contributed by atoms with van der Waals surface area (Å²) in [4.78, 5) is 26.5. The number of allylic oxidation sites excluding steroid dienone is 3. The van der Waals surface area contributed by atoms with E-state index in [2.05, 4.69) is 44.1 Å². The van der Waals surface area contributed by atoms with Crippen LogP contribution in [-0.2, 0) is 16.0 Å². The number of hydrogen-bond donors (Lipinski definition) is 2. The maximum Gasteiger partial charge on any atom is 0.315 e. The molecular weight excluding hydrogens is 476 g/mol. The van der Waals surface area contributed by atoms with Gasteiger partial charge >= 0.3 is 11.9 Å². The lowest BCUT2D eigenvalue weighted by Gasteiger charge is -2.33. The molecule has 4 atom stereocenters. The van der Waals surface area contributed by atoms with E-state index < -0.39 is 0 Å². The number of esters is 2. The van der Waals surface area contributed by atoms with Crippen molar-refractivity contribution < 1.29 is 19.1 Å². The lowest BCUT2D eigenvalue weighted by atomic mass is 9.73. The first-order valence-electron chi connectivity index (χ1n) is 14.7. The molecule has 208 valence electrons. The number of unbranched alkanes of at least 4 members (excludes halogenated alkanes) is 2. The van der Waals surface area contributed by atoms with Crippen LogP contribution >= 0.6 is 0 Å². The normalized spacial score (nSPS) is 25.2. The quantitative estimate of drug-likeness (QED) is 0.164. The molecule has 3 unspecified atom stereocenters. The Hall–Kier alpha value is -2.44. The van der Waals surface area contributed by atoms with Crippen molar-refractivity contribution in [3.05, 3.63) is 47.1 Å². The summed E-state index contributed by atoms with van der Waals surface area (Å²) in [7, 11) is 0. The Morgan fingerprint density at radius 3 is 2.42 bits per heavy atom. The molecule has 2 heterocycles. The molecule has 38 heavy (non-hydrogen) atoms. The Morgan fingerprint density at radius 2 is 1.76 bits per heavy atom. The zero-order valence-electron chi connectivity index (χ0n) is 23.6. The molecule has 0 amide bonds. The number of nitrogens with one attached hydrogen (secondary N) is 2. The molecule has 6 heteroatoms. The molecule has 2 fully saturated rings. The number of ether oxygens (including phenoxy) is 2. The molecule has 2 saturated heterocycles. The highest BCUT2D eigenvalue weighted by atomic mass is 16.5. The Balaban J connectivity index is 1.76. The van der Waals surface area contributed by atoms with Gasteiger partial charge in [-0.05, 0) is 102 Å². The lowest BCUT2D eigenvalue weighted by molar-refractivity contribution is -0.138. The summed E-state index contributed by atoms with van der Waals surface area (Å²) in [5, 5.41) is 6.60. The van der Waals surface area contributed by atoms with E-state index in [4.69, 9.17) is 9.47 Å².